The van der Waals surface area contributed by atoms with Crippen molar-refractivity contribution >= 4 is 11.8 Å². The summed E-state index contributed by atoms with van der Waals surface area (Å²) in [5, 5.41) is 0. The summed E-state index contributed by atoms with van der Waals surface area (Å²) in [7, 11) is 0. The second kappa shape index (κ2) is 9.67. The first-order chi connectivity index (χ1) is 15.5. The molecule has 2 amide bonds. The molecule has 1 fully saturated rings. The maximum atomic E-state index is 12.6. The number of ether oxygens (including phenoxy) is 2. The predicted molar refractivity (Wildman–Crippen MR) is 123 cm³/mol. The maximum Gasteiger partial charge on any atom is 0.251 e. The van der Waals surface area contributed by atoms with Gasteiger partial charge in [0.1, 0.15) is 13.2 Å². The summed E-state index contributed by atoms with van der Waals surface area (Å²) >= 11 is 0. The van der Waals surface area contributed by atoms with Crippen molar-refractivity contribution in [2.24, 2.45) is 5.73 Å². The summed E-state index contributed by atoms with van der Waals surface area (Å²) in [6, 6.07) is 5.85. The van der Waals surface area contributed by atoms with Crippen LogP contribution in [-0.4, -0.2) is 47.6 Å². The number of benzene rings is 1. The van der Waals surface area contributed by atoms with E-state index in [-0.39, 0.29) is 5.91 Å². The van der Waals surface area contributed by atoms with E-state index in [1.54, 1.807) is 0 Å². The number of likely N-dealkylation sites (tertiary alicyclic amines) is 1. The number of nitrogens with two attached hydrogens (primary N) is 1. The molecule has 32 heavy (non-hydrogen) atoms. The Hall–Kier alpha value is -2.96. The van der Waals surface area contributed by atoms with Gasteiger partial charge in [0.05, 0.1) is 5.56 Å². The molecule has 0 bridgehead atoms. The molecule has 0 unspecified atom stereocenters. The fraction of sp³-hybridized carbons (Fsp3) is 0.520. The van der Waals surface area contributed by atoms with E-state index in [1.807, 2.05) is 30.0 Å². The highest BCUT2D eigenvalue weighted by Crippen LogP contribution is 2.39. The molecule has 0 spiro atoms. The average molecular weight is 440 g/mol. The van der Waals surface area contributed by atoms with Gasteiger partial charge in [-0.15, -0.1) is 0 Å². The van der Waals surface area contributed by atoms with Crippen LogP contribution in [-0.2, 0) is 17.8 Å². The Morgan fingerprint density at radius 1 is 1.12 bits per heavy atom. The molecule has 0 radical (unpaired) electrons. The summed E-state index contributed by atoms with van der Waals surface area (Å²) in [6.07, 6.45) is 5.38. The van der Waals surface area contributed by atoms with Crippen LogP contribution in [0.3, 0.4) is 0 Å². The normalized spacial score (nSPS) is 15.4. The zero-order valence-electron chi connectivity index (χ0n) is 19.1. The van der Waals surface area contributed by atoms with Crippen LogP contribution in [0.25, 0.3) is 11.1 Å². The van der Waals surface area contributed by atoms with Crippen LogP contribution in [0.5, 0.6) is 11.5 Å². The van der Waals surface area contributed by atoms with Crippen LogP contribution in [0.4, 0.5) is 0 Å². The van der Waals surface area contributed by atoms with E-state index in [2.05, 4.69) is 11.5 Å². The van der Waals surface area contributed by atoms with Gasteiger partial charge in [-0.25, -0.2) is 0 Å². The lowest BCUT2D eigenvalue weighted by Crippen LogP contribution is -2.26. The van der Waals surface area contributed by atoms with Gasteiger partial charge in [0.2, 0.25) is 5.91 Å². The van der Waals surface area contributed by atoms with E-state index in [4.69, 9.17) is 15.2 Å². The average Bonchev–Trinajstić information content (AvgIpc) is 3.32. The van der Waals surface area contributed by atoms with Gasteiger partial charge in [-0.05, 0) is 50.3 Å². The maximum absolute atomic E-state index is 12.6. The van der Waals surface area contributed by atoms with Crippen LogP contribution >= 0.6 is 0 Å². The molecule has 0 saturated carbocycles. The Morgan fingerprint density at radius 3 is 2.59 bits per heavy atom. The molecule has 7 nitrogen and oxygen atoms in total. The molecule has 7 heteroatoms. The van der Waals surface area contributed by atoms with Gasteiger partial charge in [0.25, 0.3) is 5.91 Å². The lowest BCUT2D eigenvalue weighted by molar-refractivity contribution is -0.127. The van der Waals surface area contributed by atoms with Gasteiger partial charge in [-0.1, -0.05) is 19.4 Å². The second-order valence-corrected chi connectivity index (χ2v) is 8.60. The highest BCUT2D eigenvalue weighted by molar-refractivity contribution is 6.02. The minimum Gasteiger partial charge on any atom is -0.486 e. The van der Waals surface area contributed by atoms with E-state index in [0.29, 0.717) is 30.9 Å². The first-order valence-electron chi connectivity index (χ1n) is 11.7. The SMILES string of the molecule is CCCCc1c(-c2ccc3c(c2)OCCO3)c(C(N)=O)c(C)n1CCCN1CCCC1=O. The van der Waals surface area contributed by atoms with Gasteiger partial charge < -0.3 is 24.7 Å². The van der Waals surface area contributed by atoms with E-state index in [0.717, 1.165) is 80.0 Å². The first-order valence-corrected chi connectivity index (χ1v) is 11.7. The van der Waals surface area contributed by atoms with Crippen molar-refractivity contribution in [2.75, 3.05) is 26.3 Å². The van der Waals surface area contributed by atoms with Crippen LogP contribution in [0.2, 0.25) is 0 Å². The van der Waals surface area contributed by atoms with Crippen molar-refractivity contribution in [3.63, 3.8) is 0 Å². The Labute approximate surface area is 189 Å². The van der Waals surface area contributed by atoms with E-state index in [1.165, 1.54) is 0 Å². The zero-order valence-corrected chi connectivity index (χ0v) is 19.1. The molecule has 2 aliphatic rings. The minimum atomic E-state index is -0.418. The molecule has 2 N–H and O–H groups in total. The highest BCUT2D eigenvalue weighted by atomic mass is 16.6. The largest absolute Gasteiger partial charge is 0.486 e. The summed E-state index contributed by atoms with van der Waals surface area (Å²) in [6.45, 7) is 7.53. The van der Waals surface area contributed by atoms with Crippen molar-refractivity contribution in [3.8, 4) is 22.6 Å². The number of aromatic nitrogens is 1. The standard InChI is InChI=1S/C25H33N3O4/c1-3-4-7-19-24(18-9-10-20-21(16-18)32-15-14-31-20)23(25(26)30)17(2)28(19)13-6-12-27-11-5-8-22(27)29/h9-10,16H,3-8,11-15H2,1-2H3,(H2,26,30). The molecule has 0 aliphatic carbocycles. The van der Waals surface area contributed by atoms with Gasteiger partial charge in [-0.2, -0.15) is 0 Å². The van der Waals surface area contributed by atoms with Crippen molar-refractivity contribution < 1.29 is 19.1 Å². The van der Waals surface area contributed by atoms with E-state index >= 15 is 0 Å². The quantitative estimate of drug-likeness (QED) is 0.646. The Morgan fingerprint density at radius 2 is 1.91 bits per heavy atom. The number of carbonyl (C=O) groups is 2. The van der Waals surface area contributed by atoms with Gasteiger partial charge in [-0.3, -0.25) is 9.59 Å². The van der Waals surface area contributed by atoms with Gasteiger partial charge in [0.15, 0.2) is 11.5 Å². The van der Waals surface area contributed by atoms with Crippen LogP contribution in [0, 0.1) is 6.92 Å². The number of amides is 2. The van der Waals surface area contributed by atoms with Crippen molar-refractivity contribution in [3.05, 3.63) is 35.2 Å². The van der Waals surface area contributed by atoms with E-state index < -0.39 is 5.91 Å². The fourth-order valence-electron chi connectivity index (χ4n) is 4.88. The lowest BCUT2D eigenvalue weighted by atomic mass is 9.97. The van der Waals surface area contributed by atoms with Crippen molar-refractivity contribution in [1.29, 1.82) is 0 Å². The number of rotatable bonds is 9. The number of fused-ring (bicyclic) bond motifs is 1. The van der Waals surface area contributed by atoms with Crippen LogP contribution in [0.1, 0.15) is 60.8 Å². The third-order valence-electron chi connectivity index (χ3n) is 6.46. The zero-order chi connectivity index (χ0) is 22.7. The number of unbranched alkanes of at least 4 members (excludes halogenated alkanes) is 1. The van der Waals surface area contributed by atoms with Crippen LogP contribution < -0.4 is 15.2 Å². The third kappa shape index (κ3) is 4.33. The smallest absolute Gasteiger partial charge is 0.251 e. The summed E-state index contributed by atoms with van der Waals surface area (Å²) in [5.41, 5.74) is 10.3. The molecule has 2 aromatic rings. The topological polar surface area (TPSA) is 86.8 Å². The fourth-order valence-corrected chi connectivity index (χ4v) is 4.88. The Kier molecular flexibility index (Phi) is 6.72. The van der Waals surface area contributed by atoms with E-state index in [9.17, 15) is 9.59 Å². The molecule has 1 saturated heterocycles. The van der Waals surface area contributed by atoms with Gasteiger partial charge >= 0.3 is 0 Å². The third-order valence-corrected chi connectivity index (χ3v) is 6.46. The molecular weight excluding hydrogens is 406 g/mol. The number of hydrogen-bond donors (Lipinski definition) is 1. The Bertz CT molecular complexity index is 1010. The number of nitrogens with zero attached hydrogens (tertiary/aromatic N) is 2. The molecule has 1 aromatic heterocycles. The molecule has 0 atom stereocenters. The van der Waals surface area contributed by atoms with Crippen molar-refractivity contribution in [1.82, 2.24) is 9.47 Å². The molecule has 1 aromatic carbocycles. The first kappa shape index (κ1) is 22.2. The Balaban J connectivity index is 1.71. The lowest BCUT2D eigenvalue weighted by Gasteiger charge is -2.20. The minimum absolute atomic E-state index is 0.246. The molecule has 3 heterocycles. The second-order valence-electron chi connectivity index (χ2n) is 8.60. The van der Waals surface area contributed by atoms with Crippen molar-refractivity contribution in [2.45, 2.75) is 58.9 Å². The highest BCUT2D eigenvalue weighted by Gasteiger charge is 2.26. The molecule has 2 aliphatic heterocycles. The summed E-state index contributed by atoms with van der Waals surface area (Å²) in [4.78, 5) is 26.5. The monoisotopic (exact) mass is 439 g/mol. The number of primary amides is 1. The van der Waals surface area contributed by atoms with Crippen LogP contribution in [0.15, 0.2) is 18.2 Å². The number of carbonyl (C=O) groups excluding carboxylic acids is 2. The molecule has 4 rings (SSSR count). The molecular formula is C25H33N3O4. The summed E-state index contributed by atoms with van der Waals surface area (Å²) in [5.74, 6) is 1.25. The number of hydrogen-bond acceptors (Lipinski definition) is 4. The summed E-state index contributed by atoms with van der Waals surface area (Å²) < 4.78 is 13.7. The predicted octanol–water partition coefficient (Wildman–Crippen LogP) is 3.69. The molecule has 172 valence electrons. The van der Waals surface area contributed by atoms with Gasteiger partial charge in [0, 0.05) is 43.0 Å².